The molecule has 1 N–H and O–H groups in total. The minimum absolute atomic E-state index is 0.632. The van der Waals surface area contributed by atoms with Gasteiger partial charge < -0.3 is 5.32 Å². The van der Waals surface area contributed by atoms with Crippen molar-refractivity contribution in [3.05, 3.63) is 0 Å². The Morgan fingerprint density at radius 2 is 1.29 bits per heavy atom. The number of nitrogens with zero attached hydrogens (tertiary/aromatic N) is 3. The van der Waals surface area contributed by atoms with Crippen LogP contribution in [0.3, 0.4) is 0 Å². The number of nitrogens with one attached hydrogen (secondary N) is 1. The lowest BCUT2D eigenvalue weighted by Crippen LogP contribution is -2.63. The number of hydrogen-bond donors (Lipinski definition) is 1. The highest BCUT2D eigenvalue weighted by atomic mass is 15.4. The zero-order valence-corrected chi connectivity index (χ0v) is 14.0. The van der Waals surface area contributed by atoms with Gasteiger partial charge >= 0.3 is 0 Å². The highest BCUT2D eigenvalue weighted by molar-refractivity contribution is 5.00. The molecule has 0 saturated carbocycles. The predicted octanol–water partition coefficient (Wildman–Crippen LogP) is 1.33. The molecule has 21 heavy (non-hydrogen) atoms. The van der Waals surface area contributed by atoms with E-state index in [1.54, 1.807) is 0 Å². The molecule has 0 radical (unpaired) electrons. The number of fused-ring (bicyclic) bond motifs is 4. The first-order chi connectivity index (χ1) is 10.1. The average molecular weight is 292 g/mol. The maximum absolute atomic E-state index is 3.76. The predicted molar refractivity (Wildman–Crippen MR) is 86.3 cm³/mol. The topological polar surface area (TPSA) is 21.8 Å². The molecule has 0 aliphatic carbocycles. The fraction of sp³-hybridized carbons (Fsp3) is 1.00. The van der Waals surface area contributed by atoms with Crippen molar-refractivity contribution < 1.29 is 0 Å². The van der Waals surface area contributed by atoms with Crippen LogP contribution in [0.25, 0.3) is 0 Å². The summed E-state index contributed by atoms with van der Waals surface area (Å²) in [6.07, 6.45) is 6.24. The van der Waals surface area contributed by atoms with Crippen LogP contribution in [-0.2, 0) is 0 Å². The maximum Gasteiger partial charge on any atom is 0.0595 e. The van der Waals surface area contributed by atoms with Crippen molar-refractivity contribution in [3.8, 4) is 0 Å². The third-order valence-electron chi connectivity index (χ3n) is 6.46. The molecule has 4 aliphatic rings. The summed E-state index contributed by atoms with van der Waals surface area (Å²) < 4.78 is 0. The molecule has 4 heterocycles. The monoisotopic (exact) mass is 292 g/mol. The third-order valence-corrected chi connectivity index (χ3v) is 6.46. The van der Waals surface area contributed by atoms with Crippen LogP contribution in [0.5, 0.6) is 0 Å². The molecule has 4 aliphatic heterocycles. The number of likely N-dealkylation sites (tertiary alicyclic amines) is 2. The molecule has 4 heteroatoms. The van der Waals surface area contributed by atoms with E-state index in [1.807, 2.05) is 0 Å². The molecule has 120 valence electrons. The summed E-state index contributed by atoms with van der Waals surface area (Å²) in [5.74, 6) is 0. The maximum atomic E-state index is 3.76. The summed E-state index contributed by atoms with van der Waals surface area (Å²) in [5.41, 5.74) is 0. The van der Waals surface area contributed by atoms with Gasteiger partial charge in [0.25, 0.3) is 0 Å². The van der Waals surface area contributed by atoms with Gasteiger partial charge in [0.15, 0.2) is 0 Å². The Kier molecular flexibility index (Phi) is 3.77. The van der Waals surface area contributed by atoms with Gasteiger partial charge in [0, 0.05) is 56.4 Å². The van der Waals surface area contributed by atoms with E-state index in [-0.39, 0.29) is 0 Å². The summed E-state index contributed by atoms with van der Waals surface area (Å²) >= 11 is 0. The lowest BCUT2D eigenvalue weighted by molar-refractivity contribution is -0.0320. The Bertz CT molecular complexity index is 359. The number of hydrogen-bond acceptors (Lipinski definition) is 4. The molecule has 5 unspecified atom stereocenters. The van der Waals surface area contributed by atoms with Gasteiger partial charge in [-0.2, -0.15) is 0 Å². The zero-order valence-electron chi connectivity index (χ0n) is 14.0. The lowest BCUT2D eigenvalue weighted by atomic mass is 10.1. The fourth-order valence-electron chi connectivity index (χ4n) is 5.48. The average Bonchev–Trinajstić information content (AvgIpc) is 2.94. The van der Waals surface area contributed by atoms with Gasteiger partial charge in [-0.3, -0.25) is 14.7 Å². The SMILES string of the molecule is CC(N1CC2CCC(C1)N2)N1CC2CCC(C1)N2C(C)C. The minimum Gasteiger partial charge on any atom is -0.309 e. The molecular formula is C17H32N4. The van der Waals surface area contributed by atoms with Crippen molar-refractivity contribution in [2.45, 2.75) is 82.8 Å². The second-order valence-corrected chi connectivity index (χ2v) is 8.10. The van der Waals surface area contributed by atoms with Crippen LogP contribution in [0.15, 0.2) is 0 Å². The highest BCUT2D eigenvalue weighted by Gasteiger charge is 2.44. The van der Waals surface area contributed by atoms with Crippen LogP contribution >= 0.6 is 0 Å². The van der Waals surface area contributed by atoms with Crippen LogP contribution in [-0.4, -0.2) is 77.3 Å². The summed E-state index contributed by atoms with van der Waals surface area (Å²) in [6, 6.07) is 3.87. The lowest BCUT2D eigenvalue weighted by Gasteiger charge is -2.49. The van der Waals surface area contributed by atoms with Crippen molar-refractivity contribution >= 4 is 0 Å². The molecule has 5 atom stereocenters. The zero-order chi connectivity index (χ0) is 14.6. The van der Waals surface area contributed by atoms with Gasteiger partial charge in [-0.1, -0.05) is 0 Å². The van der Waals surface area contributed by atoms with Gasteiger partial charge in [-0.25, -0.2) is 0 Å². The molecule has 0 spiro atoms. The Morgan fingerprint density at radius 1 is 0.762 bits per heavy atom. The Morgan fingerprint density at radius 3 is 1.81 bits per heavy atom. The van der Waals surface area contributed by atoms with Gasteiger partial charge in [0.2, 0.25) is 0 Å². The van der Waals surface area contributed by atoms with E-state index in [0.717, 1.165) is 30.2 Å². The van der Waals surface area contributed by atoms with Crippen molar-refractivity contribution in [2.24, 2.45) is 0 Å². The van der Waals surface area contributed by atoms with Crippen LogP contribution in [0.1, 0.15) is 46.5 Å². The van der Waals surface area contributed by atoms with E-state index in [1.165, 1.54) is 51.9 Å². The summed E-state index contributed by atoms with van der Waals surface area (Å²) in [4.78, 5) is 8.33. The summed E-state index contributed by atoms with van der Waals surface area (Å²) in [5, 5.41) is 3.76. The summed E-state index contributed by atoms with van der Waals surface area (Å²) in [6.45, 7) is 12.3. The second kappa shape index (κ2) is 5.48. The van der Waals surface area contributed by atoms with E-state index in [4.69, 9.17) is 0 Å². The Balaban J connectivity index is 1.41. The molecule has 4 fully saturated rings. The molecule has 0 amide bonds. The molecular weight excluding hydrogens is 260 g/mol. The first kappa shape index (κ1) is 14.4. The van der Waals surface area contributed by atoms with E-state index in [9.17, 15) is 0 Å². The van der Waals surface area contributed by atoms with E-state index >= 15 is 0 Å². The molecule has 4 saturated heterocycles. The van der Waals surface area contributed by atoms with Crippen LogP contribution < -0.4 is 5.32 Å². The van der Waals surface area contributed by atoms with E-state index < -0.39 is 0 Å². The molecule has 4 rings (SSSR count). The van der Waals surface area contributed by atoms with Crippen molar-refractivity contribution in [1.82, 2.24) is 20.0 Å². The normalized spacial score (nSPS) is 42.9. The smallest absolute Gasteiger partial charge is 0.0595 e. The number of piperazine rings is 2. The largest absolute Gasteiger partial charge is 0.309 e. The standard InChI is InChI=1S/C17H32N4/c1-12(2)21-16-6-7-17(21)11-20(10-16)13(3)19-8-14-4-5-15(9-19)18-14/h12-18H,4-11H2,1-3H3. The van der Waals surface area contributed by atoms with Gasteiger partial charge in [0.05, 0.1) is 6.17 Å². The fourth-order valence-corrected chi connectivity index (χ4v) is 5.48. The second-order valence-electron chi connectivity index (χ2n) is 8.10. The van der Waals surface area contributed by atoms with Gasteiger partial charge in [-0.05, 0) is 46.5 Å². The first-order valence-electron chi connectivity index (χ1n) is 9.13. The van der Waals surface area contributed by atoms with Gasteiger partial charge in [0.1, 0.15) is 0 Å². The molecule has 4 bridgehead atoms. The Hall–Kier alpha value is -0.160. The molecule has 0 aromatic rings. The van der Waals surface area contributed by atoms with E-state index in [2.05, 4.69) is 40.8 Å². The first-order valence-corrected chi connectivity index (χ1v) is 9.13. The van der Waals surface area contributed by atoms with Crippen molar-refractivity contribution in [2.75, 3.05) is 26.2 Å². The van der Waals surface area contributed by atoms with Crippen molar-refractivity contribution in [3.63, 3.8) is 0 Å². The van der Waals surface area contributed by atoms with E-state index in [0.29, 0.717) is 6.17 Å². The molecule has 0 aromatic heterocycles. The highest BCUT2D eigenvalue weighted by Crippen LogP contribution is 2.33. The van der Waals surface area contributed by atoms with Crippen LogP contribution in [0.4, 0.5) is 0 Å². The summed E-state index contributed by atoms with van der Waals surface area (Å²) in [7, 11) is 0. The molecule has 0 aromatic carbocycles. The van der Waals surface area contributed by atoms with Crippen LogP contribution in [0.2, 0.25) is 0 Å². The quantitative estimate of drug-likeness (QED) is 0.847. The van der Waals surface area contributed by atoms with Crippen LogP contribution in [0, 0.1) is 0 Å². The van der Waals surface area contributed by atoms with Crippen molar-refractivity contribution in [1.29, 1.82) is 0 Å². The molecule has 4 nitrogen and oxygen atoms in total. The third kappa shape index (κ3) is 2.54. The number of rotatable bonds is 3. The Labute approximate surface area is 129 Å². The minimum atomic E-state index is 0.632. The van der Waals surface area contributed by atoms with Gasteiger partial charge in [-0.15, -0.1) is 0 Å².